The second-order valence-electron chi connectivity index (χ2n) is 4.86. The number of fused-ring (bicyclic) bond motifs is 1. The number of nitrogens with zero attached hydrogens (tertiary/aromatic N) is 1. The van der Waals surface area contributed by atoms with Gasteiger partial charge in [0.1, 0.15) is 6.56 Å². The van der Waals surface area contributed by atoms with Crippen molar-refractivity contribution in [1.82, 2.24) is 15.2 Å². The Morgan fingerprint density at radius 1 is 1.67 bits per heavy atom. The van der Waals surface area contributed by atoms with E-state index in [-0.39, 0.29) is 12.8 Å². The van der Waals surface area contributed by atoms with Crippen molar-refractivity contribution in [2.45, 2.75) is 18.9 Å². The van der Waals surface area contributed by atoms with Crippen molar-refractivity contribution < 1.29 is 20.5 Å². The van der Waals surface area contributed by atoms with E-state index in [2.05, 4.69) is 15.0 Å². The second kappa shape index (κ2) is 5.77. The van der Waals surface area contributed by atoms with Crippen LogP contribution in [0.3, 0.4) is 0 Å². The van der Waals surface area contributed by atoms with Gasteiger partial charge in [-0.1, -0.05) is 6.07 Å². The molecule has 0 spiro atoms. The molecule has 1 amide bonds. The first-order chi connectivity index (χ1) is 13.1. The van der Waals surface area contributed by atoms with Crippen molar-refractivity contribution in [2.75, 3.05) is 27.1 Å². The maximum atomic E-state index is 11.4. The van der Waals surface area contributed by atoms with Crippen LogP contribution in [-0.4, -0.2) is 49.1 Å². The summed E-state index contributed by atoms with van der Waals surface area (Å²) in [6.07, 6.45) is 0.219. The molecule has 1 aliphatic rings. The molecule has 5 nitrogen and oxygen atoms in total. The summed E-state index contributed by atoms with van der Waals surface area (Å²) in [6, 6.07) is 3.03. The van der Waals surface area contributed by atoms with Crippen LogP contribution in [0.4, 0.5) is 4.79 Å². The molecule has 1 saturated heterocycles. The fourth-order valence-corrected chi connectivity index (χ4v) is 2.25. The summed E-state index contributed by atoms with van der Waals surface area (Å²) in [5.41, 5.74) is 1.76. The molecule has 0 unspecified atom stereocenters. The highest BCUT2D eigenvalue weighted by atomic mass is 16.6. The van der Waals surface area contributed by atoms with Gasteiger partial charge >= 0.3 is 6.09 Å². The van der Waals surface area contributed by atoms with Gasteiger partial charge in [0.2, 0.25) is 0 Å². The van der Waals surface area contributed by atoms with Crippen molar-refractivity contribution in [3.63, 3.8) is 0 Å². The van der Waals surface area contributed by atoms with Crippen molar-refractivity contribution in [1.29, 1.82) is 0 Å². The number of alkyl carbamates (subject to hydrolysis) is 1. The SMILES string of the molecule is [2H]C([2H])([2H])N(C)C([2H])([2H])Cc1c[nH]c2ccc(C[C@]3([2H])NC(=O)OC3([2H])[2H])cc12. The molecule has 0 bridgehead atoms. The molecule has 3 rings (SSSR count). The Bertz CT molecular complexity index is 942. The molecule has 0 saturated carbocycles. The van der Waals surface area contributed by atoms with Crippen molar-refractivity contribution >= 4 is 17.0 Å². The minimum atomic E-state index is -2.59. The number of carbonyl (C=O) groups is 1. The number of H-pyrrole nitrogens is 1. The van der Waals surface area contributed by atoms with Gasteiger partial charge in [-0.05, 0) is 50.1 Å². The molecule has 0 radical (unpaired) electrons. The highest BCUT2D eigenvalue weighted by Crippen LogP contribution is 2.21. The first-order valence-electron chi connectivity index (χ1n) is 10.5. The number of hydrogen-bond donors (Lipinski definition) is 2. The van der Waals surface area contributed by atoms with Gasteiger partial charge in [0.25, 0.3) is 0 Å². The summed E-state index contributed by atoms with van der Waals surface area (Å²) < 4.78 is 67.0. The van der Waals surface area contributed by atoms with Crippen LogP contribution in [0.25, 0.3) is 10.9 Å². The summed E-state index contributed by atoms with van der Waals surface area (Å²) in [5, 5.41) is 2.81. The summed E-state index contributed by atoms with van der Waals surface area (Å²) in [5.74, 6) is 0. The lowest BCUT2D eigenvalue weighted by atomic mass is 10.0. The molecule has 2 N–H and O–H groups in total. The predicted octanol–water partition coefficient (Wildman–Crippen LogP) is 1.92. The van der Waals surface area contributed by atoms with Gasteiger partial charge in [-0.25, -0.2) is 4.79 Å². The third-order valence-corrected chi connectivity index (χ3v) is 3.24. The fraction of sp³-hybridized carbons (Fsp3) is 0.438. The lowest BCUT2D eigenvalue weighted by Crippen LogP contribution is -2.28. The van der Waals surface area contributed by atoms with Crippen molar-refractivity contribution in [3.8, 4) is 0 Å². The second-order valence-corrected chi connectivity index (χ2v) is 4.86. The molecule has 5 heteroatoms. The number of likely N-dealkylation sites (N-methyl/N-ethyl adjacent to an activating group) is 1. The van der Waals surface area contributed by atoms with Gasteiger partial charge in [-0.15, -0.1) is 0 Å². The molecule has 1 fully saturated rings. The Labute approximate surface area is 135 Å². The lowest BCUT2D eigenvalue weighted by molar-refractivity contribution is 0.177. The number of amides is 1. The number of aromatic nitrogens is 1. The van der Waals surface area contributed by atoms with Crippen molar-refractivity contribution in [3.05, 3.63) is 35.5 Å². The zero-order valence-electron chi connectivity index (χ0n) is 19.5. The minimum absolute atomic E-state index is 0.172. The minimum Gasteiger partial charge on any atom is -0.447 e. The molecular formula is C16H21N3O2. The van der Waals surface area contributed by atoms with Crippen LogP contribution in [0.15, 0.2) is 24.4 Å². The third-order valence-electron chi connectivity index (χ3n) is 3.24. The quantitative estimate of drug-likeness (QED) is 0.886. The first kappa shape index (κ1) is 7.31. The van der Waals surface area contributed by atoms with E-state index in [4.69, 9.17) is 11.0 Å². The Morgan fingerprint density at radius 2 is 2.57 bits per heavy atom. The van der Waals surface area contributed by atoms with E-state index in [9.17, 15) is 4.79 Å². The normalized spacial score (nSPS) is 31.0. The van der Waals surface area contributed by atoms with Gasteiger partial charge in [0.05, 0.1) is 10.1 Å². The maximum absolute atomic E-state index is 11.4. The number of cyclic esters (lactones) is 1. The van der Waals surface area contributed by atoms with E-state index in [0.29, 0.717) is 26.9 Å². The molecule has 1 atom stereocenters. The summed E-state index contributed by atoms with van der Waals surface area (Å²) in [4.78, 5) is 15.1. The summed E-state index contributed by atoms with van der Waals surface area (Å²) in [7, 11) is 1.20. The number of rotatable bonds is 5. The van der Waals surface area contributed by atoms with Crippen LogP contribution in [0, 0.1) is 0 Å². The standard InChI is InChI=1S/C16H21N3O2/c1-19(2)6-5-12-9-17-15-4-3-11(8-14(12)15)7-13-10-21-16(20)18-13/h3-4,8-9,13,17H,5-7,10H2,1-2H3,(H,18,20)/t13-/m0/s1/i1D3,6D2,10D2,13D. The maximum Gasteiger partial charge on any atom is 0.407 e. The topological polar surface area (TPSA) is 57.4 Å². The van der Waals surface area contributed by atoms with Gasteiger partial charge < -0.3 is 19.9 Å². The molecule has 2 aromatic rings. The highest BCUT2D eigenvalue weighted by molar-refractivity contribution is 5.84. The van der Waals surface area contributed by atoms with Gasteiger partial charge in [-0.2, -0.15) is 0 Å². The average Bonchev–Trinajstić information content (AvgIpc) is 3.02. The molecule has 21 heavy (non-hydrogen) atoms. The number of aromatic amines is 1. The summed E-state index contributed by atoms with van der Waals surface area (Å²) in [6.45, 7) is -7.25. The van der Waals surface area contributed by atoms with Crippen LogP contribution in [0.5, 0.6) is 0 Å². The van der Waals surface area contributed by atoms with E-state index in [1.54, 1.807) is 24.4 Å². The highest BCUT2D eigenvalue weighted by Gasteiger charge is 2.22. The van der Waals surface area contributed by atoms with Crippen molar-refractivity contribution in [2.24, 2.45) is 0 Å². The Hall–Kier alpha value is -2.01. The van der Waals surface area contributed by atoms with Gasteiger partial charge in [0.15, 0.2) is 0 Å². The number of benzene rings is 1. The Morgan fingerprint density at radius 3 is 3.33 bits per heavy atom. The van der Waals surface area contributed by atoms with E-state index >= 15 is 0 Å². The van der Waals surface area contributed by atoms with Gasteiger partial charge in [-0.3, -0.25) is 0 Å². The average molecular weight is 295 g/mol. The number of nitrogens with one attached hydrogen (secondary N) is 2. The van der Waals surface area contributed by atoms with Gasteiger partial charge in [0, 0.05) is 30.5 Å². The van der Waals surface area contributed by atoms with Crippen LogP contribution >= 0.6 is 0 Å². The number of ether oxygens (including phenoxy) is 1. The van der Waals surface area contributed by atoms with E-state index < -0.39 is 32.1 Å². The largest absolute Gasteiger partial charge is 0.447 e. The Kier molecular flexibility index (Phi) is 2.01. The lowest BCUT2D eigenvalue weighted by Gasteiger charge is -2.09. The summed E-state index contributed by atoms with van der Waals surface area (Å²) >= 11 is 0. The van der Waals surface area contributed by atoms with Crippen LogP contribution in [0.1, 0.15) is 22.1 Å². The third kappa shape index (κ3) is 3.19. The molecule has 0 aliphatic carbocycles. The zero-order valence-corrected chi connectivity index (χ0v) is 11.5. The van der Waals surface area contributed by atoms with Crippen LogP contribution in [-0.2, 0) is 17.6 Å². The smallest absolute Gasteiger partial charge is 0.407 e. The molecular weight excluding hydrogens is 266 g/mol. The predicted molar refractivity (Wildman–Crippen MR) is 82.5 cm³/mol. The number of carbonyl (C=O) groups excluding carboxylic acids is 1. The van der Waals surface area contributed by atoms with E-state index in [1.165, 1.54) is 7.05 Å². The Balaban J connectivity index is 1.90. The molecule has 1 aliphatic heterocycles. The van der Waals surface area contributed by atoms with E-state index in [1.807, 2.05) is 0 Å². The van der Waals surface area contributed by atoms with Crippen LogP contribution < -0.4 is 5.32 Å². The number of aryl methyl sites for hydroxylation is 1. The molecule has 2 heterocycles. The molecule has 112 valence electrons. The zero-order chi connectivity index (χ0) is 21.8. The van der Waals surface area contributed by atoms with E-state index in [0.717, 1.165) is 0 Å². The molecule has 1 aromatic carbocycles. The van der Waals surface area contributed by atoms with Crippen LogP contribution in [0.2, 0.25) is 0 Å². The fourth-order valence-electron chi connectivity index (χ4n) is 2.25. The monoisotopic (exact) mass is 295 g/mol. The first-order valence-corrected chi connectivity index (χ1v) is 6.49. The molecule has 1 aromatic heterocycles. The number of hydrogen-bond acceptors (Lipinski definition) is 3.